The van der Waals surface area contributed by atoms with Crippen LogP contribution in [0.3, 0.4) is 0 Å². The number of hydrogen-bond acceptors (Lipinski definition) is 4. The Labute approximate surface area is 163 Å². The number of nitrogens with one attached hydrogen (secondary N) is 1. The van der Waals surface area contributed by atoms with Crippen molar-refractivity contribution in [2.75, 3.05) is 27.2 Å². The molecule has 3 rings (SSSR count). The highest BCUT2D eigenvalue weighted by molar-refractivity contribution is 6.42. The zero-order valence-corrected chi connectivity index (χ0v) is 16.4. The average molecular weight is 393 g/mol. The van der Waals surface area contributed by atoms with Gasteiger partial charge in [-0.15, -0.1) is 0 Å². The van der Waals surface area contributed by atoms with Crippen LogP contribution in [0.25, 0.3) is 0 Å². The van der Waals surface area contributed by atoms with Crippen molar-refractivity contribution < 1.29 is 9.90 Å². The van der Waals surface area contributed by atoms with E-state index in [1.807, 2.05) is 31.1 Å². The van der Waals surface area contributed by atoms with Gasteiger partial charge in [0.05, 0.1) is 10.0 Å². The minimum Gasteiger partial charge on any atom is -0.508 e. The molecule has 1 aliphatic rings. The fourth-order valence-electron chi connectivity index (χ4n) is 3.65. The number of carbonyl (C=O) groups is 1. The highest BCUT2D eigenvalue weighted by atomic mass is 35.5. The summed E-state index contributed by atoms with van der Waals surface area (Å²) in [6, 6.07) is 10.5. The number of nitrogens with zero attached hydrogens (tertiary/aromatic N) is 1. The van der Waals surface area contributed by atoms with Crippen LogP contribution in [0.1, 0.15) is 16.7 Å². The molecule has 1 atom stereocenters. The molecule has 6 heteroatoms. The number of phenolic OH excluding ortho intramolecular Hbond substituents is 1. The Hall–Kier alpha value is -1.59. The number of phenols is 1. The van der Waals surface area contributed by atoms with E-state index in [2.05, 4.69) is 5.32 Å². The Morgan fingerprint density at radius 3 is 2.65 bits per heavy atom. The number of likely N-dealkylation sites (N-methyl/N-ethyl adjacent to an activating group) is 1. The SMILES string of the molecule is CN(C)CC1(C(=O)Cc2ccc(Cl)c(Cl)c2)NCCc2cc(O)ccc21. The number of benzene rings is 2. The van der Waals surface area contributed by atoms with Crippen LogP contribution in [-0.4, -0.2) is 43.0 Å². The lowest BCUT2D eigenvalue weighted by Crippen LogP contribution is -2.58. The molecule has 1 heterocycles. The van der Waals surface area contributed by atoms with E-state index in [9.17, 15) is 9.90 Å². The largest absolute Gasteiger partial charge is 0.508 e. The number of halogens is 2. The minimum absolute atomic E-state index is 0.0660. The molecule has 0 aliphatic carbocycles. The van der Waals surface area contributed by atoms with Crippen molar-refractivity contribution in [3.63, 3.8) is 0 Å². The quantitative estimate of drug-likeness (QED) is 0.818. The molecular weight excluding hydrogens is 371 g/mol. The van der Waals surface area contributed by atoms with E-state index in [1.165, 1.54) is 0 Å². The molecule has 1 aliphatic heterocycles. The molecule has 0 amide bonds. The molecule has 0 saturated heterocycles. The van der Waals surface area contributed by atoms with Gasteiger partial charge in [0, 0.05) is 19.5 Å². The molecule has 0 aromatic heterocycles. The normalized spacial score (nSPS) is 19.4. The minimum atomic E-state index is -0.823. The van der Waals surface area contributed by atoms with Crippen molar-refractivity contribution in [1.29, 1.82) is 0 Å². The lowest BCUT2D eigenvalue weighted by atomic mass is 9.77. The van der Waals surface area contributed by atoms with E-state index in [0.717, 1.165) is 23.1 Å². The molecule has 1 unspecified atom stereocenters. The van der Waals surface area contributed by atoms with Crippen molar-refractivity contribution in [2.24, 2.45) is 0 Å². The molecule has 2 aromatic carbocycles. The Balaban J connectivity index is 2.01. The number of carbonyl (C=O) groups excluding carboxylic acids is 1. The van der Waals surface area contributed by atoms with Crippen LogP contribution in [0.4, 0.5) is 0 Å². The van der Waals surface area contributed by atoms with E-state index in [0.29, 0.717) is 23.1 Å². The lowest BCUT2D eigenvalue weighted by molar-refractivity contribution is -0.126. The smallest absolute Gasteiger partial charge is 0.163 e. The van der Waals surface area contributed by atoms with Gasteiger partial charge in [0.1, 0.15) is 11.3 Å². The summed E-state index contributed by atoms with van der Waals surface area (Å²) in [5.74, 6) is 0.289. The summed E-state index contributed by atoms with van der Waals surface area (Å²) < 4.78 is 0. The van der Waals surface area contributed by atoms with Gasteiger partial charge < -0.3 is 10.0 Å². The van der Waals surface area contributed by atoms with Gasteiger partial charge in [-0.25, -0.2) is 0 Å². The van der Waals surface area contributed by atoms with E-state index in [-0.39, 0.29) is 18.0 Å². The lowest BCUT2D eigenvalue weighted by Gasteiger charge is -2.41. The molecule has 0 spiro atoms. The van der Waals surface area contributed by atoms with Gasteiger partial charge >= 0.3 is 0 Å². The van der Waals surface area contributed by atoms with Crippen LogP contribution < -0.4 is 5.32 Å². The fraction of sp³-hybridized carbons (Fsp3) is 0.350. The summed E-state index contributed by atoms with van der Waals surface area (Å²) in [5, 5.41) is 14.2. The molecular formula is C20H22Cl2N2O2. The molecule has 4 nitrogen and oxygen atoms in total. The van der Waals surface area contributed by atoms with E-state index >= 15 is 0 Å². The third kappa shape index (κ3) is 3.74. The molecule has 0 saturated carbocycles. The van der Waals surface area contributed by atoms with Crippen LogP contribution in [0, 0.1) is 0 Å². The number of fused-ring (bicyclic) bond motifs is 1. The van der Waals surface area contributed by atoms with Crippen LogP contribution in [0.5, 0.6) is 5.75 Å². The van der Waals surface area contributed by atoms with Crippen molar-refractivity contribution in [3.05, 3.63) is 63.1 Å². The summed E-state index contributed by atoms with van der Waals surface area (Å²) in [7, 11) is 3.90. The molecule has 138 valence electrons. The summed E-state index contributed by atoms with van der Waals surface area (Å²) in [6.07, 6.45) is 1.02. The van der Waals surface area contributed by atoms with E-state index in [4.69, 9.17) is 23.2 Å². The summed E-state index contributed by atoms with van der Waals surface area (Å²) in [5.41, 5.74) is 1.94. The first-order chi connectivity index (χ1) is 12.3. The highest BCUT2D eigenvalue weighted by Crippen LogP contribution is 2.34. The number of Topliss-reactive ketones (excluding diaryl/α,β-unsaturated/α-hetero) is 1. The molecule has 2 aromatic rings. The first-order valence-corrected chi connectivity index (χ1v) is 9.27. The Morgan fingerprint density at radius 1 is 1.19 bits per heavy atom. The molecule has 2 N–H and O–H groups in total. The maximum Gasteiger partial charge on any atom is 0.163 e. The zero-order chi connectivity index (χ0) is 18.9. The van der Waals surface area contributed by atoms with Gasteiger partial charge in [0.25, 0.3) is 0 Å². The van der Waals surface area contributed by atoms with Crippen LogP contribution in [0.2, 0.25) is 10.0 Å². The second kappa shape index (κ2) is 7.57. The molecule has 0 radical (unpaired) electrons. The van der Waals surface area contributed by atoms with Crippen molar-refractivity contribution in [1.82, 2.24) is 10.2 Å². The highest BCUT2D eigenvalue weighted by Gasteiger charge is 2.43. The van der Waals surface area contributed by atoms with Gasteiger partial charge in [-0.3, -0.25) is 10.1 Å². The number of hydrogen-bond donors (Lipinski definition) is 2. The standard InChI is InChI=1S/C20H22Cl2N2O2/c1-24(2)12-20(16-5-4-15(25)11-14(16)7-8-23-20)19(26)10-13-3-6-17(21)18(22)9-13/h3-6,9,11,23,25H,7-8,10,12H2,1-2H3. The second-order valence-corrected chi connectivity index (χ2v) is 7.82. The van der Waals surface area contributed by atoms with Crippen molar-refractivity contribution in [2.45, 2.75) is 18.4 Å². The number of aromatic hydroxyl groups is 1. The zero-order valence-electron chi connectivity index (χ0n) is 14.9. The van der Waals surface area contributed by atoms with E-state index < -0.39 is 5.54 Å². The second-order valence-electron chi connectivity index (χ2n) is 7.01. The molecule has 0 bridgehead atoms. The van der Waals surface area contributed by atoms with Gasteiger partial charge in [-0.2, -0.15) is 0 Å². The van der Waals surface area contributed by atoms with Gasteiger partial charge in [0.2, 0.25) is 0 Å². The first-order valence-electron chi connectivity index (χ1n) is 8.51. The third-order valence-electron chi connectivity index (χ3n) is 4.75. The summed E-state index contributed by atoms with van der Waals surface area (Å²) >= 11 is 12.1. The van der Waals surface area contributed by atoms with Crippen LogP contribution >= 0.6 is 23.2 Å². The van der Waals surface area contributed by atoms with Crippen LogP contribution in [-0.2, 0) is 23.2 Å². The topological polar surface area (TPSA) is 52.6 Å². The van der Waals surface area contributed by atoms with Gasteiger partial charge in [-0.1, -0.05) is 35.3 Å². The first kappa shape index (κ1) is 19.2. The monoisotopic (exact) mass is 392 g/mol. The maximum atomic E-state index is 13.4. The maximum absolute atomic E-state index is 13.4. The Morgan fingerprint density at radius 2 is 1.96 bits per heavy atom. The number of ketones is 1. The van der Waals surface area contributed by atoms with Crippen molar-refractivity contribution >= 4 is 29.0 Å². The predicted molar refractivity (Wildman–Crippen MR) is 105 cm³/mol. The average Bonchev–Trinajstić information content (AvgIpc) is 2.57. The Kier molecular flexibility index (Phi) is 5.58. The predicted octanol–water partition coefficient (Wildman–Crippen LogP) is 3.41. The van der Waals surface area contributed by atoms with Gasteiger partial charge in [0.15, 0.2) is 5.78 Å². The molecule has 26 heavy (non-hydrogen) atoms. The van der Waals surface area contributed by atoms with Crippen LogP contribution in [0.15, 0.2) is 36.4 Å². The molecule has 0 fully saturated rings. The van der Waals surface area contributed by atoms with Crippen molar-refractivity contribution in [3.8, 4) is 5.75 Å². The third-order valence-corrected chi connectivity index (χ3v) is 5.49. The van der Waals surface area contributed by atoms with Gasteiger partial charge in [-0.05, 0) is 61.5 Å². The Bertz CT molecular complexity index is 839. The summed E-state index contributed by atoms with van der Waals surface area (Å²) in [6.45, 7) is 1.21. The van der Waals surface area contributed by atoms with E-state index in [1.54, 1.807) is 24.3 Å². The fourth-order valence-corrected chi connectivity index (χ4v) is 3.97. The number of rotatable bonds is 5. The summed E-state index contributed by atoms with van der Waals surface area (Å²) in [4.78, 5) is 15.4.